The number of nitrogen functional groups attached to an aromatic ring is 1. The third-order valence-corrected chi connectivity index (χ3v) is 3.58. The van der Waals surface area contributed by atoms with Gasteiger partial charge in [-0.1, -0.05) is 25.8 Å². The van der Waals surface area contributed by atoms with Crippen molar-refractivity contribution in [1.82, 2.24) is 24.6 Å². The van der Waals surface area contributed by atoms with E-state index in [2.05, 4.69) is 38.5 Å². The molecule has 3 rings (SSSR count). The Kier molecular flexibility index (Phi) is 4.13. The molecule has 0 saturated heterocycles. The summed E-state index contributed by atoms with van der Waals surface area (Å²) in [5.74, 6) is 1.06. The van der Waals surface area contributed by atoms with Crippen molar-refractivity contribution >= 4 is 17.4 Å². The number of hydrogen-bond donors (Lipinski definition) is 2. The highest BCUT2D eigenvalue weighted by Gasteiger charge is 2.13. The second-order valence-electron chi connectivity index (χ2n) is 5.18. The fourth-order valence-corrected chi connectivity index (χ4v) is 2.42. The summed E-state index contributed by atoms with van der Waals surface area (Å²) >= 11 is 0. The number of hydrogen-bond acceptors (Lipinski definition) is 6. The summed E-state index contributed by atoms with van der Waals surface area (Å²) < 4.78 is 1.65. The average Bonchev–Trinajstić information content (AvgIpc) is 3.01. The molecule has 0 saturated carbocycles. The Morgan fingerprint density at radius 1 is 1.41 bits per heavy atom. The Hall–Kier alpha value is -2.70. The van der Waals surface area contributed by atoms with Crippen LogP contribution in [0.15, 0.2) is 36.9 Å². The quantitative estimate of drug-likeness (QED) is 0.725. The Morgan fingerprint density at radius 2 is 2.32 bits per heavy atom. The first-order valence-corrected chi connectivity index (χ1v) is 7.40. The smallest absolute Gasteiger partial charge is 0.209 e. The van der Waals surface area contributed by atoms with Crippen LogP contribution in [-0.2, 0) is 0 Å². The van der Waals surface area contributed by atoms with Crippen molar-refractivity contribution in [2.75, 3.05) is 11.1 Å². The van der Waals surface area contributed by atoms with Gasteiger partial charge in [-0.3, -0.25) is 9.38 Å². The predicted molar refractivity (Wildman–Crippen MR) is 85.3 cm³/mol. The molecule has 0 fully saturated rings. The standard InChI is InChI=1S/C15H19N7/c1-2-3-6-12(11-5-4-7-17-9-11)19-13-8-14-21-18-10-22(14)15(16)20-13/h4-5,7-10,12,19H,2-3,6H2,1H3,(H2,16,20). The van der Waals surface area contributed by atoms with E-state index in [1.165, 1.54) is 0 Å². The molecule has 0 amide bonds. The van der Waals surface area contributed by atoms with Gasteiger partial charge in [0.05, 0.1) is 6.04 Å². The second kappa shape index (κ2) is 6.38. The summed E-state index contributed by atoms with van der Waals surface area (Å²) in [6.07, 6.45) is 8.47. The number of nitrogens with two attached hydrogens (primary N) is 1. The summed E-state index contributed by atoms with van der Waals surface area (Å²) in [5, 5.41) is 11.3. The largest absolute Gasteiger partial charge is 0.369 e. The first-order valence-electron chi connectivity index (χ1n) is 7.40. The minimum absolute atomic E-state index is 0.144. The van der Waals surface area contributed by atoms with E-state index in [1.807, 2.05) is 18.3 Å². The van der Waals surface area contributed by atoms with Gasteiger partial charge >= 0.3 is 0 Å². The van der Waals surface area contributed by atoms with Crippen molar-refractivity contribution in [3.63, 3.8) is 0 Å². The highest BCUT2D eigenvalue weighted by molar-refractivity contribution is 5.54. The Balaban J connectivity index is 1.88. The molecule has 0 bridgehead atoms. The van der Waals surface area contributed by atoms with Gasteiger partial charge in [0, 0.05) is 18.5 Å². The highest BCUT2D eigenvalue weighted by atomic mass is 15.3. The van der Waals surface area contributed by atoms with E-state index < -0.39 is 0 Å². The van der Waals surface area contributed by atoms with Crippen LogP contribution in [0.3, 0.4) is 0 Å². The van der Waals surface area contributed by atoms with Crippen molar-refractivity contribution < 1.29 is 0 Å². The average molecular weight is 297 g/mol. The van der Waals surface area contributed by atoms with Crippen LogP contribution < -0.4 is 11.1 Å². The molecular formula is C15H19N7. The van der Waals surface area contributed by atoms with E-state index in [0.717, 1.165) is 24.8 Å². The first-order chi connectivity index (χ1) is 10.8. The lowest BCUT2D eigenvalue weighted by Gasteiger charge is -2.19. The summed E-state index contributed by atoms with van der Waals surface area (Å²) in [6.45, 7) is 2.18. The van der Waals surface area contributed by atoms with Crippen LogP contribution in [0.4, 0.5) is 11.8 Å². The van der Waals surface area contributed by atoms with Crippen LogP contribution in [0.1, 0.15) is 37.8 Å². The molecule has 3 N–H and O–H groups in total. The molecule has 0 spiro atoms. The van der Waals surface area contributed by atoms with Gasteiger partial charge in [-0.2, -0.15) is 4.98 Å². The molecule has 3 aromatic rings. The van der Waals surface area contributed by atoms with E-state index in [0.29, 0.717) is 17.4 Å². The lowest BCUT2D eigenvalue weighted by atomic mass is 10.0. The van der Waals surface area contributed by atoms with Crippen LogP contribution in [0.25, 0.3) is 5.65 Å². The molecule has 3 aromatic heterocycles. The van der Waals surface area contributed by atoms with Crippen molar-refractivity contribution in [1.29, 1.82) is 0 Å². The van der Waals surface area contributed by atoms with Crippen LogP contribution in [0.5, 0.6) is 0 Å². The minimum atomic E-state index is 0.144. The molecule has 114 valence electrons. The molecule has 0 aromatic carbocycles. The van der Waals surface area contributed by atoms with E-state index in [9.17, 15) is 0 Å². The van der Waals surface area contributed by atoms with E-state index in [1.54, 1.807) is 16.9 Å². The number of nitrogens with one attached hydrogen (secondary N) is 1. The molecule has 1 atom stereocenters. The molecular weight excluding hydrogens is 278 g/mol. The molecule has 0 radical (unpaired) electrons. The van der Waals surface area contributed by atoms with Gasteiger partial charge in [-0.25, -0.2) is 0 Å². The maximum absolute atomic E-state index is 5.94. The Bertz CT molecular complexity index is 738. The van der Waals surface area contributed by atoms with Gasteiger partial charge in [-0.15, -0.1) is 10.2 Å². The fourth-order valence-electron chi connectivity index (χ4n) is 2.42. The lowest BCUT2D eigenvalue weighted by molar-refractivity contribution is 0.631. The van der Waals surface area contributed by atoms with Gasteiger partial charge in [0.1, 0.15) is 12.1 Å². The van der Waals surface area contributed by atoms with Crippen LogP contribution >= 0.6 is 0 Å². The number of fused-ring (bicyclic) bond motifs is 1. The van der Waals surface area contributed by atoms with Crippen LogP contribution in [0.2, 0.25) is 0 Å². The molecule has 3 heterocycles. The predicted octanol–water partition coefficient (Wildman–Crippen LogP) is 2.44. The maximum Gasteiger partial charge on any atom is 0.209 e. The molecule has 22 heavy (non-hydrogen) atoms. The first kappa shape index (κ1) is 14.2. The molecule has 7 heteroatoms. The number of anilines is 2. The number of pyridine rings is 1. The van der Waals surface area contributed by atoms with E-state index >= 15 is 0 Å². The second-order valence-corrected chi connectivity index (χ2v) is 5.18. The molecule has 0 aliphatic carbocycles. The SMILES string of the molecule is CCCCC(Nc1cc2nncn2c(N)n1)c1cccnc1. The van der Waals surface area contributed by atoms with E-state index in [4.69, 9.17) is 5.73 Å². The number of unbranched alkanes of at least 4 members (excludes halogenated alkanes) is 1. The van der Waals surface area contributed by atoms with Crippen molar-refractivity contribution in [2.24, 2.45) is 0 Å². The van der Waals surface area contributed by atoms with Gasteiger partial charge < -0.3 is 11.1 Å². The Morgan fingerprint density at radius 3 is 3.09 bits per heavy atom. The van der Waals surface area contributed by atoms with Gasteiger partial charge in [-0.05, 0) is 18.1 Å². The number of rotatable bonds is 6. The van der Waals surface area contributed by atoms with Crippen molar-refractivity contribution in [3.05, 3.63) is 42.5 Å². The zero-order chi connectivity index (χ0) is 15.4. The number of aromatic nitrogens is 5. The molecule has 0 aliphatic rings. The fraction of sp³-hybridized carbons (Fsp3) is 0.333. The summed E-state index contributed by atoms with van der Waals surface area (Å²) in [5.41, 5.74) is 7.75. The van der Waals surface area contributed by atoms with Crippen molar-refractivity contribution in [2.45, 2.75) is 32.2 Å². The molecule has 7 nitrogen and oxygen atoms in total. The van der Waals surface area contributed by atoms with Gasteiger partial charge in [0.25, 0.3) is 0 Å². The normalized spacial score (nSPS) is 12.4. The van der Waals surface area contributed by atoms with Crippen molar-refractivity contribution in [3.8, 4) is 0 Å². The molecule has 1 unspecified atom stereocenters. The molecule has 0 aliphatic heterocycles. The zero-order valence-electron chi connectivity index (χ0n) is 12.5. The lowest BCUT2D eigenvalue weighted by Crippen LogP contribution is -2.13. The van der Waals surface area contributed by atoms with Crippen LogP contribution in [0, 0.1) is 0 Å². The topological polar surface area (TPSA) is 94.0 Å². The summed E-state index contributed by atoms with van der Waals surface area (Å²) in [6, 6.07) is 6.00. The third-order valence-electron chi connectivity index (χ3n) is 3.58. The minimum Gasteiger partial charge on any atom is -0.369 e. The summed E-state index contributed by atoms with van der Waals surface area (Å²) in [7, 11) is 0. The zero-order valence-corrected chi connectivity index (χ0v) is 12.5. The maximum atomic E-state index is 5.94. The Labute approximate surface area is 128 Å². The van der Waals surface area contributed by atoms with Crippen LogP contribution in [-0.4, -0.2) is 24.6 Å². The number of nitrogens with zero attached hydrogens (tertiary/aromatic N) is 5. The van der Waals surface area contributed by atoms with E-state index in [-0.39, 0.29) is 6.04 Å². The highest BCUT2D eigenvalue weighted by Crippen LogP contribution is 2.24. The third kappa shape index (κ3) is 2.98. The van der Waals surface area contributed by atoms with Gasteiger partial charge in [0.2, 0.25) is 5.95 Å². The summed E-state index contributed by atoms with van der Waals surface area (Å²) in [4.78, 5) is 8.58. The van der Waals surface area contributed by atoms with Gasteiger partial charge in [0.15, 0.2) is 5.65 Å². The monoisotopic (exact) mass is 297 g/mol.